The first-order chi connectivity index (χ1) is 7.95. The van der Waals surface area contributed by atoms with Crippen LogP contribution in [0.25, 0.3) is 0 Å². The van der Waals surface area contributed by atoms with Crippen molar-refractivity contribution in [2.45, 2.75) is 18.9 Å². The molecule has 3 heteroatoms. The van der Waals surface area contributed by atoms with Gasteiger partial charge in [0.15, 0.2) is 0 Å². The Bertz CT molecular complexity index is 302. The van der Waals surface area contributed by atoms with E-state index in [2.05, 4.69) is 33.8 Å². The molecule has 0 aromatic rings. The van der Waals surface area contributed by atoms with Gasteiger partial charge in [-0.3, -0.25) is 0 Å². The summed E-state index contributed by atoms with van der Waals surface area (Å²) in [5, 5.41) is 6.92. The van der Waals surface area contributed by atoms with E-state index in [0.717, 1.165) is 19.1 Å². The van der Waals surface area contributed by atoms with E-state index in [1.807, 2.05) is 0 Å². The average molecular weight is 219 g/mol. The van der Waals surface area contributed by atoms with Gasteiger partial charge in [-0.15, -0.1) is 0 Å². The van der Waals surface area contributed by atoms with Crippen LogP contribution in [0, 0.1) is 5.92 Å². The lowest BCUT2D eigenvalue weighted by Crippen LogP contribution is -2.39. The maximum Gasteiger partial charge on any atom is 0.0423 e. The summed E-state index contributed by atoms with van der Waals surface area (Å²) in [5.41, 5.74) is 1.57. The first-order valence-electron chi connectivity index (χ1n) is 6.50. The van der Waals surface area contributed by atoms with E-state index in [-0.39, 0.29) is 0 Å². The zero-order valence-electron chi connectivity index (χ0n) is 9.78. The molecular weight excluding hydrogens is 198 g/mol. The molecule has 0 aliphatic carbocycles. The summed E-state index contributed by atoms with van der Waals surface area (Å²) >= 11 is 0. The van der Waals surface area contributed by atoms with Crippen LogP contribution in [0.15, 0.2) is 23.9 Å². The molecule has 0 saturated carbocycles. The smallest absolute Gasteiger partial charge is 0.0423 e. The quantitative estimate of drug-likeness (QED) is 0.670. The first-order valence-corrected chi connectivity index (χ1v) is 6.50. The van der Waals surface area contributed by atoms with Crippen LogP contribution in [-0.2, 0) is 0 Å². The molecule has 88 valence electrons. The summed E-state index contributed by atoms with van der Waals surface area (Å²) in [5.74, 6) is 0.608. The monoisotopic (exact) mass is 219 g/mol. The van der Waals surface area contributed by atoms with Gasteiger partial charge in [-0.05, 0) is 19.4 Å². The van der Waals surface area contributed by atoms with Crippen molar-refractivity contribution in [1.29, 1.82) is 0 Å². The summed E-state index contributed by atoms with van der Waals surface area (Å²) in [6.45, 7) is 5.73. The van der Waals surface area contributed by atoms with Crippen molar-refractivity contribution < 1.29 is 0 Å². The second kappa shape index (κ2) is 4.60. The Labute approximate surface area is 97.6 Å². The lowest BCUT2D eigenvalue weighted by atomic mass is 10.0. The molecule has 1 saturated heterocycles. The predicted molar refractivity (Wildman–Crippen MR) is 66.2 cm³/mol. The lowest BCUT2D eigenvalue weighted by Gasteiger charge is -2.33. The van der Waals surface area contributed by atoms with Gasteiger partial charge in [-0.25, -0.2) is 0 Å². The third kappa shape index (κ3) is 1.89. The Hall–Kier alpha value is -0.800. The van der Waals surface area contributed by atoms with E-state index in [4.69, 9.17) is 0 Å². The van der Waals surface area contributed by atoms with Crippen LogP contribution >= 0.6 is 0 Å². The molecule has 2 N–H and O–H groups in total. The van der Waals surface area contributed by atoms with Gasteiger partial charge >= 0.3 is 0 Å². The molecule has 0 radical (unpaired) electrons. The Kier molecular flexibility index (Phi) is 2.98. The van der Waals surface area contributed by atoms with Crippen LogP contribution in [0.1, 0.15) is 12.8 Å². The highest BCUT2D eigenvalue weighted by Crippen LogP contribution is 2.28. The fraction of sp³-hybridized carbons (Fsp3) is 0.692. The number of nitrogens with one attached hydrogen (secondary N) is 2. The SMILES string of the molecule is C1=CC(C2=CCCN2C2CCNC2)CNC1. The van der Waals surface area contributed by atoms with Crippen molar-refractivity contribution in [3.63, 3.8) is 0 Å². The van der Waals surface area contributed by atoms with Crippen LogP contribution in [0.5, 0.6) is 0 Å². The molecule has 1 fully saturated rings. The van der Waals surface area contributed by atoms with Gasteiger partial charge in [0.25, 0.3) is 0 Å². The molecule has 0 aromatic carbocycles. The van der Waals surface area contributed by atoms with Crippen molar-refractivity contribution in [3.8, 4) is 0 Å². The Balaban J connectivity index is 1.72. The highest BCUT2D eigenvalue weighted by molar-refractivity contribution is 5.20. The summed E-state index contributed by atoms with van der Waals surface area (Å²) in [4.78, 5) is 2.64. The fourth-order valence-corrected chi connectivity index (χ4v) is 3.09. The molecule has 3 nitrogen and oxygen atoms in total. The first kappa shape index (κ1) is 10.4. The maximum absolute atomic E-state index is 3.47. The highest BCUT2D eigenvalue weighted by atomic mass is 15.2. The lowest BCUT2D eigenvalue weighted by molar-refractivity contribution is 0.267. The van der Waals surface area contributed by atoms with E-state index in [1.165, 1.54) is 32.5 Å². The van der Waals surface area contributed by atoms with Gasteiger partial charge in [-0.2, -0.15) is 0 Å². The van der Waals surface area contributed by atoms with Gasteiger partial charge in [0, 0.05) is 43.8 Å². The number of nitrogens with zero attached hydrogens (tertiary/aromatic N) is 1. The highest BCUT2D eigenvalue weighted by Gasteiger charge is 2.29. The van der Waals surface area contributed by atoms with Gasteiger partial charge in [0.1, 0.15) is 0 Å². The predicted octanol–water partition coefficient (Wildman–Crippen LogP) is 0.714. The van der Waals surface area contributed by atoms with Crippen molar-refractivity contribution in [3.05, 3.63) is 23.9 Å². The standard InChI is InChI=1S/C13H21N3/c1-3-11(9-14-6-1)13-4-2-8-16(13)12-5-7-15-10-12/h1,3-4,11-12,14-15H,2,5-10H2. The Morgan fingerprint density at radius 1 is 1.25 bits per heavy atom. The van der Waals surface area contributed by atoms with Gasteiger partial charge in [0.05, 0.1) is 0 Å². The maximum atomic E-state index is 3.47. The second-order valence-corrected chi connectivity index (χ2v) is 4.95. The van der Waals surface area contributed by atoms with Crippen molar-refractivity contribution in [2.24, 2.45) is 5.92 Å². The van der Waals surface area contributed by atoms with Crippen LogP contribution in [0.3, 0.4) is 0 Å². The van der Waals surface area contributed by atoms with Crippen LogP contribution in [0.4, 0.5) is 0 Å². The molecule has 2 unspecified atom stereocenters. The molecule has 3 aliphatic rings. The Morgan fingerprint density at radius 3 is 3.00 bits per heavy atom. The number of hydrogen-bond donors (Lipinski definition) is 2. The topological polar surface area (TPSA) is 27.3 Å². The third-order valence-electron chi connectivity index (χ3n) is 3.90. The summed E-state index contributed by atoms with van der Waals surface area (Å²) in [7, 11) is 0. The normalized spacial score (nSPS) is 34.5. The molecule has 16 heavy (non-hydrogen) atoms. The molecule has 2 atom stereocenters. The van der Waals surface area contributed by atoms with E-state index in [1.54, 1.807) is 5.70 Å². The largest absolute Gasteiger partial charge is 0.370 e. The average Bonchev–Trinajstić information content (AvgIpc) is 3.01. The van der Waals surface area contributed by atoms with Crippen molar-refractivity contribution >= 4 is 0 Å². The molecule has 0 aromatic heterocycles. The van der Waals surface area contributed by atoms with Gasteiger partial charge in [0.2, 0.25) is 0 Å². The molecule has 3 heterocycles. The van der Waals surface area contributed by atoms with Crippen LogP contribution in [-0.4, -0.2) is 43.7 Å². The van der Waals surface area contributed by atoms with E-state index < -0.39 is 0 Å². The zero-order valence-corrected chi connectivity index (χ0v) is 9.78. The number of rotatable bonds is 2. The molecule has 0 amide bonds. The van der Waals surface area contributed by atoms with E-state index in [0.29, 0.717) is 5.92 Å². The fourth-order valence-electron chi connectivity index (χ4n) is 3.09. The third-order valence-corrected chi connectivity index (χ3v) is 3.90. The summed E-state index contributed by atoms with van der Waals surface area (Å²) in [6.07, 6.45) is 9.62. The second-order valence-electron chi connectivity index (χ2n) is 4.95. The van der Waals surface area contributed by atoms with Crippen molar-refractivity contribution in [1.82, 2.24) is 15.5 Å². The van der Waals surface area contributed by atoms with Crippen LogP contribution in [0.2, 0.25) is 0 Å². The minimum Gasteiger partial charge on any atom is -0.370 e. The summed E-state index contributed by atoms with van der Waals surface area (Å²) < 4.78 is 0. The molecule has 3 rings (SSSR count). The van der Waals surface area contributed by atoms with E-state index >= 15 is 0 Å². The van der Waals surface area contributed by atoms with Gasteiger partial charge < -0.3 is 15.5 Å². The molecule has 0 spiro atoms. The van der Waals surface area contributed by atoms with E-state index in [9.17, 15) is 0 Å². The van der Waals surface area contributed by atoms with Crippen LogP contribution < -0.4 is 10.6 Å². The Morgan fingerprint density at radius 2 is 2.25 bits per heavy atom. The molecular formula is C13H21N3. The minimum absolute atomic E-state index is 0.608. The summed E-state index contributed by atoms with van der Waals surface area (Å²) in [6, 6.07) is 0.740. The van der Waals surface area contributed by atoms with Gasteiger partial charge in [-0.1, -0.05) is 18.2 Å². The minimum atomic E-state index is 0.608. The molecule has 3 aliphatic heterocycles. The zero-order chi connectivity index (χ0) is 10.8. The number of hydrogen-bond acceptors (Lipinski definition) is 3. The molecule has 0 bridgehead atoms. The van der Waals surface area contributed by atoms with Crippen molar-refractivity contribution in [2.75, 3.05) is 32.7 Å².